The quantitative estimate of drug-likeness (QED) is 0.657. The number of nitrogens with one attached hydrogen (secondary N) is 1. The molecule has 1 aliphatic rings. The molecule has 1 heterocycles. The Morgan fingerprint density at radius 3 is 2.57 bits per heavy atom. The maximum Gasteiger partial charge on any atom is 0.243 e. The summed E-state index contributed by atoms with van der Waals surface area (Å²) in [5.74, 6) is -0.0916. The Morgan fingerprint density at radius 2 is 2.00 bits per heavy atom. The molecule has 0 radical (unpaired) electrons. The van der Waals surface area contributed by atoms with E-state index in [1.807, 2.05) is 4.90 Å². The van der Waals surface area contributed by atoms with E-state index in [-0.39, 0.29) is 11.8 Å². The summed E-state index contributed by atoms with van der Waals surface area (Å²) in [6.45, 7) is 5.47. The number of hydrogen-bond acceptors (Lipinski definition) is 2. The Hall–Kier alpha value is -1.32. The lowest BCUT2D eigenvalue weighted by Crippen LogP contribution is -2.32. The van der Waals surface area contributed by atoms with Crippen molar-refractivity contribution in [3.63, 3.8) is 0 Å². The van der Waals surface area contributed by atoms with E-state index in [1.165, 1.54) is 6.08 Å². The summed E-state index contributed by atoms with van der Waals surface area (Å²) in [5, 5.41) is 2.58. The maximum atomic E-state index is 11.5. The van der Waals surface area contributed by atoms with Gasteiger partial charge < -0.3 is 10.2 Å². The highest BCUT2D eigenvalue weighted by atomic mass is 16.2. The van der Waals surface area contributed by atoms with Crippen LogP contribution in [-0.4, -0.2) is 36.3 Å². The van der Waals surface area contributed by atoms with Crippen molar-refractivity contribution >= 4 is 11.8 Å². The zero-order valence-electron chi connectivity index (χ0n) is 8.29. The second-order valence-electron chi connectivity index (χ2n) is 3.33. The number of likely N-dealkylation sites (tertiary alicyclic amines) is 1. The third kappa shape index (κ3) is 3.20. The Morgan fingerprint density at radius 1 is 1.36 bits per heavy atom. The van der Waals surface area contributed by atoms with Gasteiger partial charge in [-0.2, -0.15) is 0 Å². The first-order chi connectivity index (χ1) is 6.74. The molecule has 2 amide bonds. The van der Waals surface area contributed by atoms with Gasteiger partial charge in [0.15, 0.2) is 0 Å². The van der Waals surface area contributed by atoms with E-state index in [1.54, 1.807) is 0 Å². The van der Waals surface area contributed by atoms with Crippen molar-refractivity contribution in [2.45, 2.75) is 19.3 Å². The van der Waals surface area contributed by atoms with Gasteiger partial charge in [-0.3, -0.25) is 9.59 Å². The first-order valence-corrected chi connectivity index (χ1v) is 4.92. The fraction of sp³-hybridized carbons (Fsp3) is 0.600. The normalized spacial score (nSPS) is 15.3. The van der Waals surface area contributed by atoms with E-state index in [0.29, 0.717) is 13.0 Å². The van der Waals surface area contributed by atoms with Crippen LogP contribution in [0.15, 0.2) is 12.7 Å². The molecule has 14 heavy (non-hydrogen) atoms. The summed E-state index contributed by atoms with van der Waals surface area (Å²) in [5.41, 5.74) is 0. The first kappa shape index (κ1) is 10.8. The number of hydrogen-bond donors (Lipinski definition) is 1. The maximum absolute atomic E-state index is 11.5. The Kier molecular flexibility index (Phi) is 4.16. The monoisotopic (exact) mass is 196 g/mol. The summed E-state index contributed by atoms with van der Waals surface area (Å²) in [6, 6.07) is 0. The third-order valence-electron chi connectivity index (χ3n) is 2.28. The van der Waals surface area contributed by atoms with E-state index >= 15 is 0 Å². The molecule has 0 spiro atoms. The van der Waals surface area contributed by atoms with Crippen LogP contribution in [0.2, 0.25) is 0 Å². The minimum absolute atomic E-state index is 0.131. The number of amides is 2. The minimum Gasteiger partial charge on any atom is -0.352 e. The molecule has 78 valence electrons. The molecule has 0 aromatic heterocycles. The lowest BCUT2D eigenvalue weighted by atomic mass is 10.3. The second-order valence-corrected chi connectivity index (χ2v) is 3.33. The van der Waals surface area contributed by atoms with Crippen LogP contribution in [0, 0.1) is 0 Å². The van der Waals surface area contributed by atoms with Crippen LogP contribution in [0.3, 0.4) is 0 Å². The van der Waals surface area contributed by atoms with Crippen molar-refractivity contribution in [1.29, 1.82) is 0 Å². The smallest absolute Gasteiger partial charge is 0.243 e. The number of nitrogens with zero attached hydrogens (tertiary/aromatic N) is 1. The van der Waals surface area contributed by atoms with Crippen LogP contribution in [0.1, 0.15) is 19.3 Å². The highest BCUT2D eigenvalue weighted by Gasteiger charge is 2.16. The Bertz CT molecular complexity index is 232. The standard InChI is InChI=1S/C10H16N2O2/c1-2-9(13)11-6-5-10(14)12-7-3-4-8-12/h2H,1,3-8H2,(H,11,13). The van der Waals surface area contributed by atoms with E-state index in [2.05, 4.69) is 11.9 Å². The van der Waals surface area contributed by atoms with Crippen molar-refractivity contribution in [3.8, 4) is 0 Å². The predicted molar refractivity (Wildman–Crippen MR) is 53.6 cm³/mol. The van der Waals surface area contributed by atoms with Crippen molar-refractivity contribution in [1.82, 2.24) is 10.2 Å². The van der Waals surface area contributed by atoms with Gasteiger partial charge in [-0.1, -0.05) is 6.58 Å². The zero-order chi connectivity index (χ0) is 10.4. The summed E-state index contributed by atoms with van der Waals surface area (Å²) in [7, 11) is 0. The molecule has 0 aromatic carbocycles. The van der Waals surface area contributed by atoms with Gasteiger partial charge in [-0.15, -0.1) is 0 Å². The largest absolute Gasteiger partial charge is 0.352 e. The Labute approximate surface area is 84.0 Å². The summed E-state index contributed by atoms with van der Waals surface area (Å²) in [4.78, 5) is 24.1. The van der Waals surface area contributed by atoms with Crippen LogP contribution >= 0.6 is 0 Å². The molecule has 4 nitrogen and oxygen atoms in total. The van der Waals surface area contributed by atoms with Gasteiger partial charge in [-0.25, -0.2) is 0 Å². The second kappa shape index (κ2) is 5.42. The van der Waals surface area contributed by atoms with Gasteiger partial charge in [0.25, 0.3) is 0 Å². The molecule has 0 unspecified atom stereocenters. The topological polar surface area (TPSA) is 49.4 Å². The highest BCUT2D eigenvalue weighted by molar-refractivity contribution is 5.87. The molecule has 1 fully saturated rings. The van der Waals surface area contributed by atoms with Gasteiger partial charge in [-0.05, 0) is 18.9 Å². The van der Waals surface area contributed by atoms with E-state index in [9.17, 15) is 9.59 Å². The van der Waals surface area contributed by atoms with Gasteiger partial charge in [0.2, 0.25) is 11.8 Å². The fourth-order valence-electron chi connectivity index (χ4n) is 1.49. The average molecular weight is 196 g/mol. The molecule has 1 saturated heterocycles. The van der Waals surface area contributed by atoms with Gasteiger partial charge in [0.1, 0.15) is 0 Å². The fourth-order valence-corrected chi connectivity index (χ4v) is 1.49. The first-order valence-electron chi connectivity index (χ1n) is 4.92. The highest BCUT2D eigenvalue weighted by Crippen LogP contribution is 2.08. The summed E-state index contributed by atoms with van der Waals surface area (Å²) >= 11 is 0. The lowest BCUT2D eigenvalue weighted by molar-refractivity contribution is -0.130. The summed E-state index contributed by atoms with van der Waals surface area (Å²) in [6.07, 6.45) is 3.80. The van der Waals surface area contributed by atoms with Crippen LogP contribution in [0.4, 0.5) is 0 Å². The molecule has 1 N–H and O–H groups in total. The number of carbonyl (C=O) groups is 2. The lowest BCUT2D eigenvalue weighted by Gasteiger charge is -2.14. The summed E-state index contributed by atoms with van der Waals surface area (Å²) < 4.78 is 0. The van der Waals surface area contributed by atoms with E-state index in [0.717, 1.165) is 25.9 Å². The molecule has 0 saturated carbocycles. The number of carbonyl (C=O) groups excluding carboxylic acids is 2. The van der Waals surface area contributed by atoms with Crippen molar-refractivity contribution in [2.75, 3.05) is 19.6 Å². The molecule has 1 aliphatic heterocycles. The molecule has 4 heteroatoms. The molecule has 0 bridgehead atoms. The van der Waals surface area contributed by atoms with Crippen molar-refractivity contribution < 1.29 is 9.59 Å². The van der Waals surface area contributed by atoms with Gasteiger partial charge in [0, 0.05) is 26.1 Å². The Balaban J connectivity index is 2.14. The molecule has 0 aliphatic carbocycles. The van der Waals surface area contributed by atoms with Crippen LogP contribution in [0.25, 0.3) is 0 Å². The molecule has 1 rings (SSSR count). The van der Waals surface area contributed by atoms with Crippen LogP contribution in [0.5, 0.6) is 0 Å². The minimum atomic E-state index is -0.223. The van der Waals surface area contributed by atoms with Crippen molar-refractivity contribution in [2.24, 2.45) is 0 Å². The van der Waals surface area contributed by atoms with Crippen molar-refractivity contribution in [3.05, 3.63) is 12.7 Å². The zero-order valence-corrected chi connectivity index (χ0v) is 8.29. The molecule has 0 atom stereocenters. The average Bonchev–Trinajstić information content (AvgIpc) is 2.70. The van der Waals surface area contributed by atoms with Crippen LogP contribution in [-0.2, 0) is 9.59 Å². The van der Waals surface area contributed by atoms with Crippen LogP contribution < -0.4 is 5.32 Å². The van der Waals surface area contributed by atoms with E-state index < -0.39 is 0 Å². The predicted octanol–water partition coefficient (Wildman–Crippen LogP) is 0.301. The third-order valence-corrected chi connectivity index (χ3v) is 2.28. The molecule has 0 aromatic rings. The van der Waals surface area contributed by atoms with Gasteiger partial charge in [0.05, 0.1) is 0 Å². The molecular weight excluding hydrogens is 180 g/mol. The molecular formula is C10H16N2O2. The SMILES string of the molecule is C=CC(=O)NCCC(=O)N1CCCC1. The van der Waals surface area contributed by atoms with E-state index in [4.69, 9.17) is 0 Å². The number of rotatable bonds is 4. The van der Waals surface area contributed by atoms with Gasteiger partial charge >= 0.3 is 0 Å².